The van der Waals surface area contributed by atoms with E-state index >= 15 is 0 Å². The fraction of sp³-hybridized carbons (Fsp3) is 0.667. The average molecular weight is 405 g/mol. The molecule has 0 saturated carbocycles. The molecule has 2 unspecified atom stereocenters. The predicted octanol–water partition coefficient (Wildman–Crippen LogP) is 4.28. The summed E-state index contributed by atoms with van der Waals surface area (Å²) in [7, 11) is 0. The molecule has 0 spiro atoms. The topological polar surface area (TPSA) is 40.6 Å². The molecule has 0 N–H and O–H groups in total. The van der Waals surface area contributed by atoms with E-state index in [-0.39, 0.29) is 23.6 Å². The van der Waals surface area contributed by atoms with Crippen LogP contribution in [0.3, 0.4) is 0 Å². The highest BCUT2D eigenvalue weighted by Gasteiger charge is 2.35. The molecule has 1 amide bonds. The Morgan fingerprint density at radius 1 is 1.14 bits per heavy atom. The van der Waals surface area contributed by atoms with Gasteiger partial charge in [-0.15, -0.1) is 0 Å². The van der Waals surface area contributed by atoms with Crippen molar-refractivity contribution in [3.8, 4) is 0 Å². The lowest BCUT2D eigenvalue weighted by Gasteiger charge is -2.38. The number of amides is 1. The second kappa shape index (κ2) is 11.4. The monoisotopic (exact) mass is 404 g/mol. The molecule has 162 valence electrons. The number of aldehydes is 1. The zero-order valence-electron chi connectivity index (χ0n) is 18.5. The molecule has 3 atom stereocenters. The van der Waals surface area contributed by atoms with Crippen molar-refractivity contribution in [3.05, 3.63) is 35.1 Å². The molecular formula is C24H37FN2O2. The van der Waals surface area contributed by atoms with E-state index in [4.69, 9.17) is 0 Å². The van der Waals surface area contributed by atoms with Crippen LogP contribution in [-0.4, -0.2) is 54.7 Å². The number of carbonyl (C=O) groups excluding carboxylic acids is 2. The third-order valence-corrected chi connectivity index (χ3v) is 6.49. The Labute approximate surface area is 175 Å². The lowest BCUT2D eigenvalue weighted by Crippen LogP contribution is -2.51. The Morgan fingerprint density at radius 2 is 1.83 bits per heavy atom. The van der Waals surface area contributed by atoms with Crippen LogP contribution < -0.4 is 0 Å². The van der Waals surface area contributed by atoms with E-state index in [0.717, 1.165) is 50.6 Å². The van der Waals surface area contributed by atoms with Gasteiger partial charge in [0.05, 0.1) is 6.54 Å². The summed E-state index contributed by atoms with van der Waals surface area (Å²) in [6.07, 6.45) is 4.23. The van der Waals surface area contributed by atoms with Gasteiger partial charge in [0.15, 0.2) is 0 Å². The quantitative estimate of drug-likeness (QED) is 0.547. The second-order valence-corrected chi connectivity index (χ2v) is 8.37. The second-order valence-electron chi connectivity index (χ2n) is 8.37. The minimum atomic E-state index is -0.213. The van der Waals surface area contributed by atoms with Gasteiger partial charge in [0, 0.05) is 32.1 Å². The van der Waals surface area contributed by atoms with Gasteiger partial charge in [0.25, 0.3) is 0 Å². The minimum Gasteiger partial charge on any atom is -0.340 e. The first-order valence-electron chi connectivity index (χ1n) is 11.2. The molecule has 4 nitrogen and oxygen atoms in total. The molecule has 1 aliphatic heterocycles. The summed E-state index contributed by atoms with van der Waals surface area (Å²) in [4.78, 5) is 28.3. The van der Waals surface area contributed by atoms with Crippen LogP contribution in [0.15, 0.2) is 18.2 Å². The number of aryl methyl sites for hydroxylation is 1. The van der Waals surface area contributed by atoms with Crippen LogP contribution >= 0.6 is 0 Å². The molecule has 0 radical (unpaired) electrons. The number of halogens is 1. The maximum atomic E-state index is 14.9. The van der Waals surface area contributed by atoms with Gasteiger partial charge in [-0.1, -0.05) is 46.2 Å². The highest BCUT2D eigenvalue weighted by atomic mass is 19.1. The first kappa shape index (κ1) is 23.5. The number of hydrogen-bond donors (Lipinski definition) is 0. The Bertz CT molecular complexity index is 671. The zero-order chi connectivity index (χ0) is 21.4. The van der Waals surface area contributed by atoms with Gasteiger partial charge in [0.2, 0.25) is 5.91 Å². The Kier molecular flexibility index (Phi) is 9.28. The Balaban J connectivity index is 2.25. The first-order chi connectivity index (χ1) is 13.9. The molecule has 1 heterocycles. The molecule has 1 aromatic rings. The van der Waals surface area contributed by atoms with Crippen LogP contribution in [0.25, 0.3) is 0 Å². The van der Waals surface area contributed by atoms with Gasteiger partial charge in [-0.2, -0.15) is 0 Å². The fourth-order valence-electron chi connectivity index (χ4n) is 4.34. The maximum absolute atomic E-state index is 14.9. The van der Waals surface area contributed by atoms with Crippen molar-refractivity contribution in [1.29, 1.82) is 0 Å². The first-order valence-corrected chi connectivity index (χ1v) is 11.2. The lowest BCUT2D eigenvalue weighted by atomic mass is 9.77. The summed E-state index contributed by atoms with van der Waals surface area (Å²) >= 11 is 0. The molecule has 1 aromatic carbocycles. The predicted molar refractivity (Wildman–Crippen MR) is 115 cm³/mol. The Hall–Kier alpha value is -1.75. The smallest absolute Gasteiger partial charge is 0.226 e. The summed E-state index contributed by atoms with van der Waals surface area (Å²) < 4.78 is 14.9. The van der Waals surface area contributed by atoms with Crippen LogP contribution in [0.2, 0.25) is 0 Å². The van der Waals surface area contributed by atoms with Crippen LogP contribution in [0.1, 0.15) is 64.0 Å². The van der Waals surface area contributed by atoms with Gasteiger partial charge in [-0.05, 0) is 48.3 Å². The zero-order valence-corrected chi connectivity index (χ0v) is 18.5. The van der Waals surface area contributed by atoms with Crippen molar-refractivity contribution in [2.75, 3.05) is 32.7 Å². The normalized spacial score (nSPS) is 18.3. The van der Waals surface area contributed by atoms with Crippen LogP contribution in [-0.2, 0) is 16.0 Å². The number of rotatable bonds is 10. The molecule has 2 rings (SSSR count). The minimum absolute atomic E-state index is 0.115. The number of carbonyl (C=O) groups is 2. The van der Waals surface area contributed by atoms with E-state index in [2.05, 4.69) is 25.7 Å². The average Bonchev–Trinajstić information content (AvgIpc) is 2.74. The summed E-state index contributed by atoms with van der Waals surface area (Å²) in [6, 6.07) is 5.51. The van der Waals surface area contributed by atoms with E-state index < -0.39 is 0 Å². The van der Waals surface area contributed by atoms with Crippen LogP contribution in [0, 0.1) is 17.7 Å². The third kappa shape index (κ3) is 6.11. The number of hydrogen-bond acceptors (Lipinski definition) is 3. The molecule has 0 bridgehead atoms. The van der Waals surface area contributed by atoms with E-state index in [1.54, 1.807) is 6.07 Å². The molecule has 0 aromatic heterocycles. The van der Waals surface area contributed by atoms with Gasteiger partial charge < -0.3 is 9.69 Å². The third-order valence-electron chi connectivity index (χ3n) is 6.49. The van der Waals surface area contributed by atoms with Crippen molar-refractivity contribution in [1.82, 2.24) is 9.80 Å². The number of benzene rings is 1. The van der Waals surface area contributed by atoms with Gasteiger partial charge >= 0.3 is 0 Å². The lowest BCUT2D eigenvalue weighted by molar-refractivity contribution is -0.138. The highest BCUT2D eigenvalue weighted by molar-refractivity contribution is 5.80. The van der Waals surface area contributed by atoms with Crippen molar-refractivity contribution in [2.24, 2.45) is 11.8 Å². The molecule has 0 aliphatic carbocycles. The fourth-order valence-corrected chi connectivity index (χ4v) is 4.34. The van der Waals surface area contributed by atoms with Gasteiger partial charge in [-0.3, -0.25) is 9.69 Å². The molecule has 1 saturated heterocycles. The SMILES string of the molecule is CCc1ccc([C@H](CC)C(CC(C)CC)C(=O)N2CCN(CC=O)CC2)c(F)c1. The standard InChI is InChI=1S/C24H37FN2O2/c1-5-18(4)16-22(24(29)27-12-10-26(11-13-27)14-15-28)20(7-3)21-9-8-19(6-2)17-23(21)25/h8-9,15,17-18,20,22H,5-7,10-14,16H2,1-4H3/t18?,20-,22?/m0/s1. The molecular weight excluding hydrogens is 367 g/mol. The van der Waals surface area contributed by atoms with Gasteiger partial charge in [0.1, 0.15) is 12.1 Å². The van der Waals surface area contributed by atoms with E-state index in [1.165, 1.54) is 0 Å². The molecule has 29 heavy (non-hydrogen) atoms. The summed E-state index contributed by atoms with van der Waals surface area (Å²) in [5, 5.41) is 0. The maximum Gasteiger partial charge on any atom is 0.226 e. The van der Waals surface area contributed by atoms with Crippen LogP contribution in [0.4, 0.5) is 4.39 Å². The van der Waals surface area contributed by atoms with Crippen molar-refractivity contribution in [2.45, 2.75) is 59.3 Å². The van der Waals surface area contributed by atoms with Crippen molar-refractivity contribution < 1.29 is 14.0 Å². The molecule has 1 aliphatic rings. The summed E-state index contributed by atoms with van der Waals surface area (Å²) in [5.74, 6) is 0.0353. The summed E-state index contributed by atoms with van der Waals surface area (Å²) in [5.41, 5.74) is 1.66. The van der Waals surface area contributed by atoms with E-state index in [9.17, 15) is 14.0 Å². The summed E-state index contributed by atoms with van der Waals surface area (Å²) in [6.45, 7) is 11.5. The van der Waals surface area contributed by atoms with E-state index in [1.807, 2.05) is 24.0 Å². The molecule has 1 fully saturated rings. The van der Waals surface area contributed by atoms with Crippen molar-refractivity contribution >= 4 is 12.2 Å². The molecule has 5 heteroatoms. The number of piperazine rings is 1. The Morgan fingerprint density at radius 3 is 2.34 bits per heavy atom. The largest absolute Gasteiger partial charge is 0.340 e. The van der Waals surface area contributed by atoms with E-state index in [0.29, 0.717) is 31.1 Å². The van der Waals surface area contributed by atoms with Gasteiger partial charge in [-0.25, -0.2) is 4.39 Å². The number of nitrogens with zero attached hydrogens (tertiary/aromatic N) is 2. The van der Waals surface area contributed by atoms with Crippen LogP contribution in [0.5, 0.6) is 0 Å². The van der Waals surface area contributed by atoms with Crippen molar-refractivity contribution in [3.63, 3.8) is 0 Å². The highest BCUT2D eigenvalue weighted by Crippen LogP contribution is 2.36.